The summed E-state index contributed by atoms with van der Waals surface area (Å²) in [6.07, 6.45) is 0. The average molecular weight is 917 g/mol. The third-order valence-electron chi connectivity index (χ3n) is 15.3. The Balaban J connectivity index is 1.39. The van der Waals surface area contributed by atoms with Crippen molar-refractivity contribution in [3.8, 4) is 44.5 Å². The summed E-state index contributed by atoms with van der Waals surface area (Å²) in [4.78, 5) is 0. The van der Waals surface area contributed by atoms with Crippen LogP contribution in [0.15, 0.2) is 4.42 Å². The molecule has 0 spiro atoms. The first-order valence-corrected chi connectivity index (χ1v) is 23.1. The normalized spacial score (nSPS) is 11.8. The van der Waals surface area contributed by atoms with Gasteiger partial charge in [0.15, 0.2) is 0 Å². The van der Waals surface area contributed by atoms with E-state index in [0.717, 1.165) is 0 Å². The quantitative estimate of drug-likeness (QED) is 0.127. The van der Waals surface area contributed by atoms with Crippen LogP contribution < -0.4 is 164 Å². The van der Waals surface area contributed by atoms with Gasteiger partial charge in [0.2, 0.25) is 0 Å². The molecule has 0 aliphatic rings. The minimum absolute atomic E-state index is 0.0118. The highest BCUT2D eigenvalue weighted by atomic mass is 16.3. The average Bonchev–Trinajstić information content (AvgIpc) is 3.46. The molecule has 0 fully saturated rings. The Hall–Kier alpha value is -4.49. The van der Waals surface area contributed by atoms with E-state index in [0.29, 0.717) is 0 Å². The van der Waals surface area contributed by atoms with Crippen LogP contribution in [0.5, 0.6) is 0 Å². The lowest BCUT2D eigenvalue weighted by Crippen LogP contribution is -2.57. The van der Waals surface area contributed by atoms with Crippen LogP contribution >= 0.6 is 0 Å². The molecule has 60 radical (unpaired) electrons. The summed E-state index contributed by atoms with van der Waals surface area (Å²) < 4.78 is 6.38. The zero-order valence-electron chi connectivity index (χ0n) is 41.7. The summed E-state index contributed by atoms with van der Waals surface area (Å²) in [6, 6.07) is 0. The van der Waals surface area contributed by atoms with Crippen LogP contribution in [0.25, 0.3) is 98.8 Å². The molecule has 0 bridgehead atoms. The third kappa shape index (κ3) is 7.52. The van der Waals surface area contributed by atoms with Crippen molar-refractivity contribution in [2.24, 2.45) is 0 Å². The Labute approximate surface area is 498 Å². The van der Waals surface area contributed by atoms with Gasteiger partial charge in [-0.1, -0.05) is 109 Å². The molecule has 1 aromatic heterocycles. The first-order valence-electron chi connectivity index (χ1n) is 23.1. The number of fused-ring (bicyclic) bond motifs is 7. The Morgan fingerprint density at radius 1 is 0.114 bits per heavy atom. The molecule has 0 aliphatic carbocycles. The van der Waals surface area contributed by atoms with E-state index in [1.165, 1.54) is 0 Å². The van der Waals surface area contributed by atoms with E-state index < -0.39 is 0 Å². The molecule has 0 atom stereocenters. The first kappa shape index (κ1) is 57.7. The lowest BCUT2D eigenvalue weighted by Gasteiger charge is -2.34. The monoisotopic (exact) mass is 922 g/mol. The second-order valence-corrected chi connectivity index (χ2v) is 19.2. The summed E-state index contributed by atoms with van der Waals surface area (Å²) >= 11 is 0. The molecule has 0 N–H and O–H groups in total. The maximum atomic E-state index is 7.23. The van der Waals surface area contributed by atoms with E-state index in [-0.39, 0.29) is 263 Å². The predicted octanol–water partition coefficient (Wildman–Crippen LogP) is -22.5. The standard InChI is InChI=1S/C48B30O/c49-17-7(28(60)36(68)29(61)9(17)12-30(62)42(74)45(77)43(75)31(12)63)1-3-5(21(53)39(71)37(69)19(3)51)2(6-4(1)20(52)38(70)40(72)22(6)54)8-23(55)25(57)11(26(58)24(8)56)10-18(50)15-16-34(66)27(59)13-14(35(67)44(76)41(73)32(13)64)47(16)79-48(15)46(78)33(10)65. The van der Waals surface area contributed by atoms with Gasteiger partial charge in [-0.15, -0.1) is 54.6 Å². The third-order valence-corrected chi connectivity index (χ3v) is 15.3. The van der Waals surface area contributed by atoms with Gasteiger partial charge in [-0.25, -0.2) is 0 Å². The van der Waals surface area contributed by atoms with Gasteiger partial charge >= 0.3 is 0 Å². The second-order valence-electron chi connectivity index (χ2n) is 19.2. The molecule has 288 valence electrons. The highest BCUT2D eigenvalue weighted by molar-refractivity contribution is 6.77. The summed E-state index contributed by atoms with van der Waals surface area (Å²) in [5.74, 6) is 0. The van der Waals surface area contributed by atoms with Crippen LogP contribution in [-0.2, 0) is 0 Å². The molecular formula is C48B30O. The molecule has 0 amide bonds. The molecule has 1 nitrogen and oxygen atoms in total. The van der Waals surface area contributed by atoms with E-state index in [2.05, 4.69) is 0 Å². The lowest BCUT2D eigenvalue weighted by atomic mass is 9.54. The van der Waals surface area contributed by atoms with Crippen LogP contribution in [0.2, 0.25) is 0 Å². The van der Waals surface area contributed by atoms with Gasteiger partial charge in [0.1, 0.15) is 247 Å². The van der Waals surface area contributed by atoms with Crippen molar-refractivity contribution in [1.29, 1.82) is 0 Å². The van der Waals surface area contributed by atoms with Crippen LogP contribution in [0, 0.1) is 0 Å². The molecule has 79 heavy (non-hydrogen) atoms. The Kier molecular flexibility index (Phi) is 14.3. The maximum absolute atomic E-state index is 7.23. The zero-order chi connectivity index (χ0) is 58.4. The van der Waals surface area contributed by atoms with Crippen molar-refractivity contribution < 1.29 is 4.42 Å². The van der Waals surface area contributed by atoms with E-state index in [1.807, 2.05) is 0 Å². The van der Waals surface area contributed by atoms with Crippen LogP contribution in [-0.4, -0.2) is 235 Å². The highest BCUT2D eigenvalue weighted by Gasteiger charge is 2.32. The largest absolute Gasteiger partial charge is 0.456 e. The van der Waals surface area contributed by atoms with Gasteiger partial charge < -0.3 is 4.42 Å². The molecule has 1 heterocycles. The fourth-order valence-corrected chi connectivity index (χ4v) is 11.0. The van der Waals surface area contributed by atoms with Crippen LogP contribution in [0.4, 0.5) is 0 Å². The van der Waals surface area contributed by atoms with Gasteiger partial charge in [0.05, 0.1) is 0 Å². The molecule has 0 saturated carbocycles. The minimum atomic E-state index is -0.304. The number of benzene rings is 9. The molecule has 9 aromatic carbocycles. The molecule has 10 aromatic rings. The van der Waals surface area contributed by atoms with Crippen molar-refractivity contribution in [3.63, 3.8) is 0 Å². The summed E-state index contributed by atoms with van der Waals surface area (Å²) in [5.41, 5.74) is -6.30. The number of hydrogen-bond acceptors (Lipinski definition) is 1. The minimum Gasteiger partial charge on any atom is -0.456 e. The van der Waals surface area contributed by atoms with Gasteiger partial charge in [-0.05, 0) is 71.4 Å². The lowest BCUT2D eigenvalue weighted by molar-refractivity contribution is 0.676. The van der Waals surface area contributed by atoms with E-state index >= 15 is 0 Å². The second kappa shape index (κ2) is 19.6. The molecule has 10 rings (SSSR count). The smallest absolute Gasteiger partial charge is 0.141 e. The fourth-order valence-electron chi connectivity index (χ4n) is 11.0. The van der Waals surface area contributed by atoms with Crippen molar-refractivity contribution in [2.75, 3.05) is 0 Å². The Morgan fingerprint density at radius 2 is 0.291 bits per heavy atom. The van der Waals surface area contributed by atoms with Gasteiger partial charge in [-0.2, -0.15) is 0 Å². The molecular weight excluding hydrogens is 917 g/mol. The number of rotatable bonds is 4. The number of furan rings is 1. The van der Waals surface area contributed by atoms with Crippen molar-refractivity contribution in [2.45, 2.75) is 0 Å². The summed E-state index contributed by atoms with van der Waals surface area (Å²) in [7, 11) is 203. The fraction of sp³-hybridized carbons (Fsp3) is 0. The van der Waals surface area contributed by atoms with Crippen molar-refractivity contribution >= 4 is 454 Å². The first-order chi connectivity index (χ1) is 36.8. The van der Waals surface area contributed by atoms with Crippen molar-refractivity contribution in [1.82, 2.24) is 0 Å². The summed E-state index contributed by atoms with van der Waals surface area (Å²) in [5, 5.41) is 0.271. The zero-order valence-corrected chi connectivity index (χ0v) is 41.7. The predicted molar refractivity (Wildman–Crippen MR) is 370 cm³/mol. The van der Waals surface area contributed by atoms with E-state index in [4.69, 9.17) is 240 Å². The Morgan fingerprint density at radius 3 is 0.658 bits per heavy atom. The van der Waals surface area contributed by atoms with Crippen molar-refractivity contribution in [3.05, 3.63) is 0 Å². The SMILES string of the molecule is [B]c1c([B])c([B])c(-c2c([B])c([B])c([B])c(-c3c4c([B])c([B])c([B])c([B])c4c(-c4c([B])c([B])c(-c5c([B])c([B])c6oc7c8c([B])c([B])c([B])c([B])c8c([B])c([B])c7c6c5[B])c([B])c4[B])c4c([B])c([B])c([B])c([B])c34)c2[B])c([B])c1[B]. The number of hydrogen-bond donors (Lipinski definition) is 0. The molecule has 0 unspecified atom stereocenters. The topological polar surface area (TPSA) is 13.1 Å². The maximum Gasteiger partial charge on any atom is 0.141 e. The van der Waals surface area contributed by atoms with E-state index in [1.54, 1.807) is 0 Å². The summed E-state index contributed by atoms with van der Waals surface area (Å²) in [6.45, 7) is 0. The highest BCUT2D eigenvalue weighted by Crippen LogP contribution is 2.39. The molecule has 0 saturated heterocycles. The van der Waals surface area contributed by atoms with E-state index in [9.17, 15) is 0 Å². The Bertz CT molecular complexity index is 4460. The van der Waals surface area contributed by atoms with Crippen LogP contribution in [0.3, 0.4) is 0 Å². The molecule has 0 aliphatic heterocycles. The van der Waals surface area contributed by atoms with Gasteiger partial charge in [-0.3, -0.25) is 0 Å². The van der Waals surface area contributed by atoms with Gasteiger partial charge in [0.25, 0.3) is 0 Å². The van der Waals surface area contributed by atoms with Gasteiger partial charge in [0, 0.05) is 16.2 Å². The molecule has 31 heteroatoms. The van der Waals surface area contributed by atoms with Crippen LogP contribution in [0.1, 0.15) is 0 Å².